The van der Waals surface area contributed by atoms with Gasteiger partial charge >= 0.3 is 0 Å². The van der Waals surface area contributed by atoms with E-state index in [-0.39, 0.29) is 10.6 Å². The van der Waals surface area contributed by atoms with Gasteiger partial charge in [-0.2, -0.15) is 17.9 Å². The molecule has 2 rings (SSSR count). The normalized spacial score (nSPS) is 11.8. The lowest BCUT2D eigenvalue weighted by molar-refractivity contribution is 0.468. The number of hydrazone groups is 1. The number of phenolic OH excluding ortho intramolecular Hbond substituents is 1. The van der Waals surface area contributed by atoms with Gasteiger partial charge in [0.1, 0.15) is 5.75 Å². The third-order valence-electron chi connectivity index (χ3n) is 3.08. The fourth-order valence-corrected chi connectivity index (χ4v) is 3.91. The Morgan fingerprint density at radius 2 is 1.65 bits per heavy atom. The standard InChI is InChI=1S/C15H14Br2N2O3S/c1-10-3-5-12(6-4-10)23(21,22)19(2)18-9-11-7-13(16)15(20)14(17)8-11/h3-9,20H,1-2H3. The van der Waals surface area contributed by atoms with Gasteiger partial charge < -0.3 is 5.11 Å². The van der Waals surface area contributed by atoms with Gasteiger partial charge in [-0.3, -0.25) is 0 Å². The van der Waals surface area contributed by atoms with Crippen molar-refractivity contribution in [3.8, 4) is 5.75 Å². The van der Waals surface area contributed by atoms with Gasteiger partial charge in [0.25, 0.3) is 10.0 Å². The summed E-state index contributed by atoms with van der Waals surface area (Å²) >= 11 is 6.43. The monoisotopic (exact) mass is 460 g/mol. The molecule has 0 bridgehead atoms. The van der Waals surface area contributed by atoms with E-state index in [1.807, 2.05) is 6.92 Å². The summed E-state index contributed by atoms with van der Waals surface area (Å²) in [5.41, 5.74) is 1.61. The van der Waals surface area contributed by atoms with Crippen LogP contribution in [0.1, 0.15) is 11.1 Å². The average molecular weight is 462 g/mol. The van der Waals surface area contributed by atoms with Crippen LogP contribution in [0.25, 0.3) is 0 Å². The zero-order valence-electron chi connectivity index (χ0n) is 12.4. The number of nitrogens with zero attached hydrogens (tertiary/aromatic N) is 2. The molecule has 0 aliphatic carbocycles. The summed E-state index contributed by atoms with van der Waals surface area (Å²) in [5, 5.41) is 13.6. The summed E-state index contributed by atoms with van der Waals surface area (Å²) in [6.45, 7) is 1.89. The van der Waals surface area contributed by atoms with E-state index in [1.54, 1.807) is 36.4 Å². The maximum atomic E-state index is 12.4. The second-order valence-electron chi connectivity index (χ2n) is 4.83. The van der Waals surface area contributed by atoms with Crippen LogP contribution in [-0.2, 0) is 10.0 Å². The molecule has 0 aliphatic heterocycles. The van der Waals surface area contributed by atoms with Crippen LogP contribution >= 0.6 is 31.9 Å². The number of sulfonamides is 1. The van der Waals surface area contributed by atoms with Crippen LogP contribution < -0.4 is 0 Å². The van der Waals surface area contributed by atoms with E-state index < -0.39 is 10.0 Å². The summed E-state index contributed by atoms with van der Waals surface area (Å²) < 4.78 is 26.7. The maximum absolute atomic E-state index is 12.4. The number of aromatic hydroxyl groups is 1. The summed E-state index contributed by atoms with van der Waals surface area (Å²) in [6, 6.07) is 9.83. The van der Waals surface area contributed by atoms with Crippen molar-refractivity contribution in [1.82, 2.24) is 4.41 Å². The molecule has 2 aromatic rings. The molecular formula is C15H14Br2N2O3S. The van der Waals surface area contributed by atoms with Crippen molar-refractivity contribution < 1.29 is 13.5 Å². The zero-order chi connectivity index (χ0) is 17.2. The van der Waals surface area contributed by atoms with Crippen molar-refractivity contribution in [2.75, 3.05) is 7.05 Å². The van der Waals surface area contributed by atoms with Gasteiger partial charge in [-0.15, -0.1) is 0 Å². The van der Waals surface area contributed by atoms with E-state index >= 15 is 0 Å². The topological polar surface area (TPSA) is 70.0 Å². The molecule has 0 saturated carbocycles. The first-order chi connectivity index (χ1) is 10.7. The van der Waals surface area contributed by atoms with Gasteiger partial charge in [0.05, 0.1) is 20.1 Å². The van der Waals surface area contributed by atoms with Gasteiger partial charge in [0, 0.05) is 7.05 Å². The summed E-state index contributed by atoms with van der Waals surface area (Å²) in [4.78, 5) is 0.177. The molecule has 0 heterocycles. The first-order valence-corrected chi connectivity index (χ1v) is 9.52. The second-order valence-corrected chi connectivity index (χ2v) is 8.49. The van der Waals surface area contributed by atoms with Gasteiger partial charge in [-0.05, 0) is 68.6 Å². The fourth-order valence-electron chi connectivity index (χ4n) is 1.73. The quantitative estimate of drug-likeness (QED) is 0.554. The summed E-state index contributed by atoms with van der Waals surface area (Å²) in [7, 11) is -2.32. The molecule has 0 fully saturated rings. The zero-order valence-corrected chi connectivity index (χ0v) is 16.4. The van der Waals surface area contributed by atoms with E-state index in [0.29, 0.717) is 14.5 Å². The highest BCUT2D eigenvalue weighted by Gasteiger charge is 2.18. The fraction of sp³-hybridized carbons (Fsp3) is 0.133. The molecule has 0 amide bonds. The van der Waals surface area contributed by atoms with Crippen LogP contribution in [0.5, 0.6) is 5.75 Å². The van der Waals surface area contributed by atoms with Crippen molar-refractivity contribution in [2.24, 2.45) is 5.10 Å². The molecular weight excluding hydrogens is 448 g/mol. The van der Waals surface area contributed by atoms with Gasteiger partial charge in [-0.25, -0.2) is 0 Å². The summed E-state index contributed by atoms with van der Waals surface area (Å²) in [5.74, 6) is 0.0720. The van der Waals surface area contributed by atoms with Crippen molar-refractivity contribution in [1.29, 1.82) is 0 Å². The molecule has 0 aliphatic rings. The van der Waals surface area contributed by atoms with Crippen molar-refractivity contribution in [3.05, 3.63) is 56.5 Å². The Bertz CT molecular complexity index is 827. The molecule has 0 aromatic heterocycles. The molecule has 2 aromatic carbocycles. The molecule has 122 valence electrons. The third kappa shape index (κ3) is 4.13. The number of hydrogen-bond acceptors (Lipinski definition) is 4. The Hall–Kier alpha value is -1.38. The molecule has 8 heteroatoms. The minimum absolute atomic E-state index is 0.0720. The molecule has 0 atom stereocenters. The minimum Gasteiger partial charge on any atom is -0.506 e. The number of rotatable bonds is 4. The lowest BCUT2D eigenvalue weighted by Gasteiger charge is -2.13. The van der Waals surface area contributed by atoms with E-state index in [0.717, 1.165) is 9.98 Å². The molecule has 5 nitrogen and oxygen atoms in total. The number of halogens is 2. The van der Waals surface area contributed by atoms with E-state index in [1.165, 1.54) is 13.3 Å². The first kappa shape index (κ1) is 18.0. The second kappa shape index (κ2) is 7.02. The number of benzene rings is 2. The SMILES string of the molecule is Cc1ccc(S(=O)(=O)N(C)N=Cc2cc(Br)c(O)c(Br)c2)cc1. The highest BCUT2D eigenvalue weighted by Crippen LogP contribution is 2.32. The van der Waals surface area contributed by atoms with Crippen LogP contribution in [0.3, 0.4) is 0 Å². The molecule has 0 unspecified atom stereocenters. The maximum Gasteiger partial charge on any atom is 0.278 e. The number of aryl methyl sites for hydroxylation is 1. The minimum atomic E-state index is -3.69. The Balaban J connectivity index is 2.27. The van der Waals surface area contributed by atoms with E-state index in [9.17, 15) is 13.5 Å². The molecule has 0 radical (unpaired) electrons. The smallest absolute Gasteiger partial charge is 0.278 e. The Morgan fingerprint density at radius 1 is 1.13 bits per heavy atom. The van der Waals surface area contributed by atoms with Gasteiger partial charge in [0.15, 0.2) is 0 Å². The van der Waals surface area contributed by atoms with E-state index in [2.05, 4.69) is 37.0 Å². The lowest BCUT2D eigenvalue weighted by atomic mass is 10.2. The lowest BCUT2D eigenvalue weighted by Crippen LogP contribution is -2.21. The number of hydrogen-bond donors (Lipinski definition) is 1. The van der Waals surface area contributed by atoms with Crippen molar-refractivity contribution in [3.63, 3.8) is 0 Å². The Morgan fingerprint density at radius 3 is 2.17 bits per heavy atom. The number of phenols is 1. The molecule has 1 N–H and O–H groups in total. The van der Waals surface area contributed by atoms with Gasteiger partial charge in [-0.1, -0.05) is 17.7 Å². The average Bonchev–Trinajstić information content (AvgIpc) is 2.50. The van der Waals surface area contributed by atoms with Crippen LogP contribution in [0.4, 0.5) is 0 Å². The summed E-state index contributed by atoms with van der Waals surface area (Å²) in [6.07, 6.45) is 1.40. The highest BCUT2D eigenvalue weighted by atomic mass is 79.9. The Kier molecular flexibility index (Phi) is 5.49. The van der Waals surface area contributed by atoms with Crippen molar-refractivity contribution >= 4 is 48.1 Å². The van der Waals surface area contributed by atoms with Crippen molar-refractivity contribution in [2.45, 2.75) is 11.8 Å². The van der Waals surface area contributed by atoms with Crippen LogP contribution in [0.15, 0.2) is 55.3 Å². The van der Waals surface area contributed by atoms with Gasteiger partial charge in [0.2, 0.25) is 0 Å². The largest absolute Gasteiger partial charge is 0.506 e. The highest BCUT2D eigenvalue weighted by molar-refractivity contribution is 9.11. The first-order valence-electron chi connectivity index (χ1n) is 6.49. The van der Waals surface area contributed by atoms with Crippen LogP contribution in [-0.4, -0.2) is 31.2 Å². The van der Waals surface area contributed by atoms with Crippen LogP contribution in [0.2, 0.25) is 0 Å². The third-order valence-corrected chi connectivity index (χ3v) is 5.94. The predicted molar refractivity (Wildman–Crippen MR) is 97.2 cm³/mol. The van der Waals surface area contributed by atoms with Crippen LogP contribution in [0, 0.1) is 6.92 Å². The molecule has 0 saturated heterocycles. The Labute approximate surface area is 151 Å². The molecule has 23 heavy (non-hydrogen) atoms. The van der Waals surface area contributed by atoms with E-state index in [4.69, 9.17) is 0 Å². The predicted octanol–water partition coefficient (Wildman–Crippen LogP) is 3.88. The molecule has 0 spiro atoms.